The third-order valence-corrected chi connectivity index (χ3v) is 3.06. The average Bonchev–Trinajstić information content (AvgIpc) is 2.67. The lowest BCUT2D eigenvalue weighted by molar-refractivity contribution is 0.918. The monoisotopic (exact) mass is 252 g/mol. The highest BCUT2D eigenvalue weighted by atomic mass is 35.5. The molecule has 2 aromatic rings. The molecule has 82 valence electrons. The minimum absolute atomic E-state index is 0.481. The molecule has 0 unspecified atom stereocenters. The van der Waals surface area contributed by atoms with Gasteiger partial charge in [0, 0.05) is 13.2 Å². The Balaban J connectivity index is 2.31. The standard InChI is InChI=1S/C12H10Cl2N2/c1-16-7-3-4-9(16)8-15-11-6-2-5-10(13)12(11)14/h2-8H,1H3. The summed E-state index contributed by atoms with van der Waals surface area (Å²) in [7, 11) is 1.96. The van der Waals surface area contributed by atoms with Gasteiger partial charge in [-0.25, -0.2) is 0 Å². The molecule has 0 fully saturated rings. The van der Waals surface area contributed by atoms with Gasteiger partial charge in [-0.15, -0.1) is 0 Å². The Bertz CT molecular complexity index is 530. The van der Waals surface area contributed by atoms with E-state index in [0.717, 1.165) is 5.69 Å². The van der Waals surface area contributed by atoms with Crippen molar-refractivity contribution in [3.63, 3.8) is 0 Å². The second-order valence-corrected chi connectivity index (χ2v) is 4.16. The van der Waals surface area contributed by atoms with E-state index in [9.17, 15) is 0 Å². The number of hydrogen-bond donors (Lipinski definition) is 0. The molecule has 0 saturated carbocycles. The van der Waals surface area contributed by atoms with Gasteiger partial charge in [0.05, 0.1) is 27.6 Å². The van der Waals surface area contributed by atoms with E-state index in [4.69, 9.17) is 23.2 Å². The molecular formula is C12H10Cl2N2. The van der Waals surface area contributed by atoms with E-state index in [1.807, 2.05) is 42.1 Å². The quantitative estimate of drug-likeness (QED) is 0.717. The maximum absolute atomic E-state index is 6.02. The maximum Gasteiger partial charge on any atom is 0.0848 e. The Hall–Kier alpha value is -1.25. The molecule has 0 atom stereocenters. The molecule has 0 saturated heterocycles. The van der Waals surface area contributed by atoms with Gasteiger partial charge in [-0.1, -0.05) is 29.3 Å². The van der Waals surface area contributed by atoms with Gasteiger partial charge in [0.1, 0.15) is 0 Å². The van der Waals surface area contributed by atoms with E-state index in [1.165, 1.54) is 0 Å². The Labute approximate surface area is 104 Å². The Morgan fingerprint density at radius 1 is 1.19 bits per heavy atom. The van der Waals surface area contributed by atoms with Gasteiger partial charge in [0.25, 0.3) is 0 Å². The summed E-state index contributed by atoms with van der Waals surface area (Å²) in [5, 5.41) is 0.998. The van der Waals surface area contributed by atoms with E-state index in [0.29, 0.717) is 15.7 Å². The highest BCUT2D eigenvalue weighted by Crippen LogP contribution is 2.31. The van der Waals surface area contributed by atoms with Crippen LogP contribution in [0.1, 0.15) is 5.69 Å². The zero-order valence-electron chi connectivity index (χ0n) is 8.69. The van der Waals surface area contributed by atoms with E-state index < -0.39 is 0 Å². The lowest BCUT2D eigenvalue weighted by atomic mass is 10.3. The molecule has 2 nitrogen and oxygen atoms in total. The SMILES string of the molecule is Cn1cccc1C=Nc1cccc(Cl)c1Cl. The Kier molecular flexibility index (Phi) is 3.32. The summed E-state index contributed by atoms with van der Waals surface area (Å²) >= 11 is 11.9. The van der Waals surface area contributed by atoms with Crippen LogP contribution in [-0.4, -0.2) is 10.8 Å². The summed E-state index contributed by atoms with van der Waals surface area (Å²) in [5.41, 5.74) is 1.69. The van der Waals surface area contributed by atoms with Crippen LogP contribution in [0.15, 0.2) is 41.5 Å². The Morgan fingerprint density at radius 3 is 2.69 bits per heavy atom. The summed E-state index contributed by atoms with van der Waals surface area (Å²) in [6, 6.07) is 9.33. The van der Waals surface area contributed by atoms with Gasteiger partial charge in [-0.2, -0.15) is 0 Å². The third kappa shape index (κ3) is 2.29. The number of hydrogen-bond acceptors (Lipinski definition) is 1. The summed E-state index contributed by atoms with van der Waals surface area (Å²) in [5.74, 6) is 0. The number of halogens is 2. The molecule has 0 aliphatic rings. The van der Waals surface area contributed by atoms with Crippen molar-refractivity contribution in [1.29, 1.82) is 0 Å². The van der Waals surface area contributed by atoms with Gasteiger partial charge >= 0.3 is 0 Å². The van der Waals surface area contributed by atoms with Crippen molar-refractivity contribution in [2.24, 2.45) is 12.0 Å². The van der Waals surface area contributed by atoms with E-state index >= 15 is 0 Å². The van der Waals surface area contributed by atoms with Crippen LogP contribution < -0.4 is 0 Å². The minimum atomic E-state index is 0.481. The number of benzene rings is 1. The molecule has 1 aromatic carbocycles. The van der Waals surface area contributed by atoms with Crippen molar-refractivity contribution in [3.05, 3.63) is 52.3 Å². The number of nitrogens with zero attached hydrogens (tertiary/aromatic N) is 2. The molecular weight excluding hydrogens is 243 g/mol. The number of rotatable bonds is 2. The largest absolute Gasteiger partial charge is 0.350 e. The molecule has 4 heteroatoms. The minimum Gasteiger partial charge on any atom is -0.350 e. The van der Waals surface area contributed by atoms with E-state index in [2.05, 4.69) is 4.99 Å². The van der Waals surface area contributed by atoms with Gasteiger partial charge < -0.3 is 4.57 Å². The number of aromatic nitrogens is 1. The molecule has 0 N–H and O–H groups in total. The van der Waals surface area contributed by atoms with Crippen LogP contribution in [0.2, 0.25) is 10.0 Å². The van der Waals surface area contributed by atoms with E-state index in [-0.39, 0.29) is 0 Å². The molecule has 1 aromatic heterocycles. The molecule has 0 bridgehead atoms. The fourth-order valence-corrected chi connectivity index (χ4v) is 1.68. The van der Waals surface area contributed by atoms with Crippen LogP contribution in [0.3, 0.4) is 0 Å². The fourth-order valence-electron chi connectivity index (χ4n) is 1.34. The van der Waals surface area contributed by atoms with Crippen LogP contribution in [0.5, 0.6) is 0 Å². The molecule has 1 heterocycles. The summed E-state index contributed by atoms with van der Waals surface area (Å²) < 4.78 is 1.97. The number of aliphatic imine (C=N–C) groups is 1. The smallest absolute Gasteiger partial charge is 0.0848 e. The highest BCUT2D eigenvalue weighted by molar-refractivity contribution is 6.43. The van der Waals surface area contributed by atoms with Gasteiger partial charge in [-0.05, 0) is 24.3 Å². The lowest BCUT2D eigenvalue weighted by Gasteiger charge is -2.00. The fraction of sp³-hybridized carbons (Fsp3) is 0.0833. The van der Waals surface area contributed by atoms with Crippen LogP contribution in [0.4, 0.5) is 5.69 Å². The summed E-state index contributed by atoms with van der Waals surface area (Å²) in [6.45, 7) is 0. The zero-order chi connectivity index (χ0) is 11.5. The normalized spacial score (nSPS) is 11.2. The predicted molar refractivity (Wildman–Crippen MR) is 69.1 cm³/mol. The molecule has 0 aliphatic carbocycles. The first kappa shape index (κ1) is 11.2. The molecule has 16 heavy (non-hydrogen) atoms. The number of aryl methyl sites for hydroxylation is 1. The second kappa shape index (κ2) is 4.73. The summed E-state index contributed by atoms with van der Waals surface area (Å²) in [6.07, 6.45) is 3.72. The first-order valence-electron chi connectivity index (χ1n) is 4.78. The highest BCUT2D eigenvalue weighted by Gasteiger charge is 2.01. The maximum atomic E-state index is 6.02. The molecule has 0 amide bonds. The topological polar surface area (TPSA) is 17.3 Å². The predicted octanol–water partition coefficient (Wildman–Crippen LogP) is 4.08. The van der Waals surface area contributed by atoms with Gasteiger partial charge in [0.15, 0.2) is 0 Å². The summed E-state index contributed by atoms with van der Waals surface area (Å²) in [4.78, 5) is 4.31. The van der Waals surface area contributed by atoms with Crippen molar-refractivity contribution in [1.82, 2.24) is 4.57 Å². The lowest BCUT2D eigenvalue weighted by Crippen LogP contribution is -1.91. The zero-order valence-corrected chi connectivity index (χ0v) is 10.2. The van der Waals surface area contributed by atoms with Gasteiger partial charge in [0.2, 0.25) is 0 Å². The first-order valence-corrected chi connectivity index (χ1v) is 5.53. The van der Waals surface area contributed by atoms with Crippen molar-refractivity contribution < 1.29 is 0 Å². The molecule has 0 spiro atoms. The third-order valence-electron chi connectivity index (χ3n) is 2.25. The van der Waals surface area contributed by atoms with Crippen LogP contribution in [0, 0.1) is 0 Å². The van der Waals surface area contributed by atoms with Gasteiger partial charge in [-0.3, -0.25) is 4.99 Å². The van der Waals surface area contributed by atoms with Crippen LogP contribution >= 0.6 is 23.2 Å². The first-order chi connectivity index (χ1) is 7.68. The van der Waals surface area contributed by atoms with Crippen LogP contribution in [-0.2, 0) is 7.05 Å². The van der Waals surface area contributed by atoms with E-state index in [1.54, 1.807) is 12.3 Å². The molecule has 0 aliphatic heterocycles. The van der Waals surface area contributed by atoms with Crippen molar-refractivity contribution in [3.8, 4) is 0 Å². The van der Waals surface area contributed by atoms with Crippen molar-refractivity contribution in [2.45, 2.75) is 0 Å². The molecule has 2 rings (SSSR count). The average molecular weight is 253 g/mol. The van der Waals surface area contributed by atoms with Crippen molar-refractivity contribution in [2.75, 3.05) is 0 Å². The van der Waals surface area contributed by atoms with Crippen molar-refractivity contribution >= 4 is 35.1 Å². The second-order valence-electron chi connectivity index (χ2n) is 3.38. The van der Waals surface area contributed by atoms with Crippen LogP contribution in [0.25, 0.3) is 0 Å². The molecule has 0 radical (unpaired) electrons. The Morgan fingerprint density at radius 2 is 2.00 bits per heavy atom.